The van der Waals surface area contributed by atoms with Gasteiger partial charge < -0.3 is 19.9 Å². The van der Waals surface area contributed by atoms with Gasteiger partial charge >= 0.3 is 6.09 Å². The van der Waals surface area contributed by atoms with Crippen molar-refractivity contribution >= 4 is 6.09 Å². The Kier molecular flexibility index (Phi) is 5.85. The van der Waals surface area contributed by atoms with Crippen molar-refractivity contribution in [3.63, 3.8) is 0 Å². The number of alkyl carbamates (subject to hydrolysis) is 1. The van der Waals surface area contributed by atoms with Crippen molar-refractivity contribution < 1.29 is 32.5 Å². The van der Waals surface area contributed by atoms with E-state index in [1.807, 2.05) is 4.90 Å². The number of aliphatic hydroxyl groups is 1. The van der Waals surface area contributed by atoms with Crippen LogP contribution in [0.3, 0.4) is 0 Å². The molecule has 2 saturated heterocycles. The fraction of sp³-hybridized carbons (Fsp3) is 0.667. The first kappa shape index (κ1) is 21.2. The fourth-order valence-electron chi connectivity index (χ4n) is 4.95. The van der Waals surface area contributed by atoms with Gasteiger partial charge in [-0.15, -0.1) is 0 Å². The van der Waals surface area contributed by atoms with Gasteiger partial charge in [-0.1, -0.05) is 0 Å². The highest BCUT2D eigenvalue weighted by molar-refractivity contribution is 5.71. The summed E-state index contributed by atoms with van der Waals surface area (Å²) in [5.74, 6) is -3.12. The molecule has 2 unspecified atom stereocenters. The van der Waals surface area contributed by atoms with E-state index >= 15 is 0 Å². The summed E-state index contributed by atoms with van der Waals surface area (Å²) in [5, 5.41) is 13.5. The topological polar surface area (TPSA) is 71.0 Å². The Labute approximate surface area is 173 Å². The largest absolute Gasteiger partial charge is 0.487 e. The Balaban J connectivity index is 1.22. The third-order valence-corrected chi connectivity index (χ3v) is 6.70. The summed E-state index contributed by atoms with van der Waals surface area (Å²) in [5.41, 5.74) is -0.240. The number of aliphatic hydroxyl groups excluding tert-OH is 1. The van der Waals surface area contributed by atoms with Crippen molar-refractivity contribution in [3.8, 4) is 5.75 Å². The number of rotatable bonds is 6. The summed E-state index contributed by atoms with van der Waals surface area (Å²) < 4.78 is 50.8. The number of hydrogen-bond donors (Lipinski definition) is 2. The fourth-order valence-corrected chi connectivity index (χ4v) is 4.95. The lowest BCUT2D eigenvalue weighted by molar-refractivity contribution is -0.0566. The molecule has 0 bridgehead atoms. The minimum absolute atomic E-state index is 0.124. The SMILES string of the molecule is CC(Oc1cc(F)c(F)cc1F)C1CCN(C(O)CC2CC3(COC(=O)N3)C2)CC1. The van der Waals surface area contributed by atoms with Crippen molar-refractivity contribution in [2.75, 3.05) is 19.7 Å². The third-order valence-electron chi connectivity index (χ3n) is 6.70. The van der Waals surface area contributed by atoms with E-state index in [0.717, 1.165) is 31.7 Å². The average molecular weight is 428 g/mol. The summed E-state index contributed by atoms with van der Waals surface area (Å²) in [6.07, 6.45) is 2.51. The molecule has 1 amide bonds. The maximum Gasteiger partial charge on any atom is 0.407 e. The zero-order chi connectivity index (χ0) is 21.5. The molecule has 2 N–H and O–H groups in total. The molecule has 1 aliphatic carbocycles. The number of amides is 1. The minimum Gasteiger partial charge on any atom is -0.487 e. The average Bonchev–Trinajstić information content (AvgIpc) is 3.07. The van der Waals surface area contributed by atoms with Gasteiger partial charge in [-0.05, 0) is 50.9 Å². The van der Waals surface area contributed by atoms with E-state index < -0.39 is 23.7 Å². The predicted octanol–water partition coefficient (Wildman–Crippen LogP) is 3.18. The molecule has 3 fully saturated rings. The van der Waals surface area contributed by atoms with Gasteiger partial charge in [0, 0.05) is 25.2 Å². The van der Waals surface area contributed by atoms with Gasteiger partial charge in [0.25, 0.3) is 0 Å². The molecule has 6 nitrogen and oxygen atoms in total. The molecule has 3 aliphatic rings. The van der Waals surface area contributed by atoms with Crippen LogP contribution in [0, 0.1) is 29.3 Å². The van der Waals surface area contributed by atoms with Crippen LogP contribution in [-0.4, -0.2) is 53.7 Å². The zero-order valence-corrected chi connectivity index (χ0v) is 16.9. The van der Waals surface area contributed by atoms with Crippen molar-refractivity contribution in [2.24, 2.45) is 11.8 Å². The molecule has 1 aromatic carbocycles. The summed E-state index contributed by atoms with van der Waals surface area (Å²) in [6, 6.07) is 1.23. The summed E-state index contributed by atoms with van der Waals surface area (Å²) in [7, 11) is 0. The van der Waals surface area contributed by atoms with Crippen molar-refractivity contribution in [3.05, 3.63) is 29.6 Å². The number of likely N-dealkylation sites (tertiary alicyclic amines) is 1. The van der Waals surface area contributed by atoms with E-state index in [1.54, 1.807) is 6.92 Å². The first-order valence-electron chi connectivity index (χ1n) is 10.4. The van der Waals surface area contributed by atoms with Crippen molar-refractivity contribution in [2.45, 2.75) is 56.9 Å². The van der Waals surface area contributed by atoms with Gasteiger partial charge in [0.1, 0.15) is 12.8 Å². The second-order valence-corrected chi connectivity index (χ2v) is 8.87. The van der Waals surface area contributed by atoms with Crippen LogP contribution in [0.25, 0.3) is 0 Å². The van der Waals surface area contributed by atoms with E-state index in [2.05, 4.69) is 5.32 Å². The van der Waals surface area contributed by atoms with E-state index in [-0.39, 0.29) is 29.4 Å². The van der Waals surface area contributed by atoms with Crippen LogP contribution in [0.1, 0.15) is 39.0 Å². The molecule has 2 aliphatic heterocycles. The number of piperidine rings is 1. The van der Waals surface area contributed by atoms with E-state index in [4.69, 9.17) is 9.47 Å². The maximum absolute atomic E-state index is 13.8. The lowest BCUT2D eigenvalue weighted by Gasteiger charge is -2.45. The number of ether oxygens (including phenoxy) is 2. The standard InChI is InChI=1S/C21H27F3N2O4/c1-12(30-18-8-16(23)15(22)7-17(18)24)14-2-4-26(5-3-14)19(27)6-13-9-21(10-13)11-29-20(28)25-21/h7-8,12-14,19,27H,2-6,9-11H2,1H3,(H,25,28). The van der Waals surface area contributed by atoms with Crippen LogP contribution in [0.4, 0.5) is 18.0 Å². The second-order valence-electron chi connectivity index (χ2n) is 8.87. The number of carbonyl (C=O) groups is 1. The first-order valence-corrected chi connectivity index (χ1v) is 10.4. The normalized spacial score (nSPS) is 29.2. The van der Waals surface area contributed by atoms with Gasteiger partial charge in [0.15, 0.2) is 23.2 Å². The summed E-state index contributed by atoms with van der Waals surface area (Å²) >= 11 is 0. The van der Waals surface area contributed by atoms with Crippen molar-refractivity contribution in [1.82, 2.24) is 10.2 Å². The zero-order valence-electron chi connectivity index (χ0n) is 16.9. The van der Waals surface area contributed by atoms with Crippen LogP contribution < -0.4 is 10.1 Å². The third kappa shape index (κ3) is 4.37. The smallest absolute Gasteiger partial charge is 0.407 e. The molecule has 0 aromatic heterocycles. The number of nitrogens with one attached hydrogen (secondary N) is 1. The number of cyclic esters (lactones) is 1. The highest BCUT2D eigenvalue weighted by Crippen LogP contribution is 2.43. The molecule has 1 spiro atoms. The van der Waals surface area contributed by atoms with Crippen molar-refractivity contribution in [1.29, 1.82) is 0 Å². The molecular formula is C21H27F3N2O4. The van der Waals surface area contributed by atoms with Gasteiger partial charge in [-0.25, -0.2) is 18.0 Å². The molecule has 1 aromatic rings. The Morgan fingerprint density at radius 1 is 1.23 bits per heavy atom. The Bertz CT molecular complexity index is 795. The number of benzene rings is 1. The Morgan fingerprint density at radius 3 is 2.53 bits per heavy atom. The molecule has 1 saturated carbocycles. The molecule has 166 valence electrons. The van der Waals surface area contributed by atoms with E-state index in [9.17, 15) is 23.1 Å². The minimum atomic E-state index is -1.24. The number of hydrogen-bond acceptors (Lipinski definition) is 5. The molecule has 0 radical (unpaired) electrons. The summed E-state index contributed by atoms with van der Waals surface area (Å²) in [6.45, 7) is 3.55. The quantitative estimate of drug-likeness (QED) is 0.681. The van der Waals surface area contributed by atoms with Gasteiger partial charge in [0.05, 0.1) is 11.6 Å². The van der Waals surface area contributed by atoms with Crippen LogP contribution in [0.2, 0.25) is 0 Å². The number of carbonyl (C=O) groups excluding carboxylic acids is 1. The highest BCUT2D eigenvalue weighted by atomic mass is 19.2. The van der Waals surface area contributed by atoms with Gasteiger partial charge in [-0.3, -0.25) is 4.90 Å². The molecule has 9 heteroatoms. The highest BCUT2D eigenvalue weighted by Gasteiger charge is 2.50. The Morgan fingerprint density at radius 2 is 1.90 bits per heavy atom. The maximum atomic E-state index is 13.8. The molecule has 2 atom stereocenters. The van der Waals surface area contributed by atoms with E-state index in [0.29, 0.717) is 38.1 Å². The predicted molar refractivity (Wildman–Crippen MR) is 101 cm³/mol. The molecule has 2 heterocycles. The summed E-state index contributed by atoms with van der Waals surface area (Å²) in [4.78, 5) is 13.2. The second kappa shape index (κ2) is 8.26. The van der Waals surface area contributed by atoms with Crippen LogP contribution in [-0.2, 0) is 4.74 Å². The van der Waals surface area contributed by atoms with Crippen LogP contribution in [0.15, 0.2) is 12.1 Å². The lowest BCUT2D eigenvalue weighted by Crippen LogP contribution is -2.55. The molecule has 4 rings (SSSR count). The number of halogens is 3. The van der Waals surface area contributed by atoms with Gasteiger partial charge in [0.2, 0.25) is 0 Å². The Hall–Kier alpha value is -2.00. The van der Waals surface area contributed by atoms with E-state index in [1.165, 1.54) is 0 Å². The van der Waals surface area contributed by atoms with Gasteiger partial charge in [-0.2, -0.15) is 0 Å². The van der Waals surface area contributed by atoms with Crippen LogP contribution in [0.5, 0.6) is 5.75 Å². The molecule has 30 heavy (non-hydrogen) atoms. The lowest BCUT2D eigenvalue weighted by atomic mass is 9.67. The molecular weight excluding hydrogens is 401 g/mol. The number of nitrogens with zero attached hydrogens (tertiary/aromatic N) is 1. The monoisotopic (exact) mass is 428 g/mol. The first-order chi connectivity index (χ1) is 14.2. The van der Waals surface area contributed by atoms with Crippen LogP contribution >= 0.6 is 0 Å².